The summed E-state index contributed by atoms with van der Waals surface area (Å²) in [6, 6.07) is 21.4. The van der Waals surface area contributed by atoms with E-state index in [1.54, 1.807) is 0 Å². The lowest BCUT2D eigenvalue weighted by Crippen LogP contribution is -2.31. The van der Waals surface area contributed by atoms with Crippen molar-refractivity contribution < 1.29 is 9.21 Å². The number of aromatic nitrogens is 1. The van der Waals surface area contributed by atoms with Crippen LogP contribution in [0.4, 0.5) is 0 Å². The third kappa shape index (κ3) is 5.73. The lowest BCUT2D eigenvalue weighted by Gasteiger charge is -2.24. The zero-order valence-corrected chi connectivity index (χ0v) is 23.1. The fourth-order valence-electron chi connectivity index (χ4n) is 5.83. The number of carbonyl (C=O) groups excluding carboxylic acids is 1. The third-order valence-electron chi connectivity index (χ3n) is 7.96. The second-order valence-corrected chi connectivity index (χ2v) is 10.7. The molecule has 1 N–H and O–H groups in total. The average molecular weight is 512 g/mol. The van der Waals surface area contributed by atoms with Gasteiger partial charge in [-0.15, -0.1) is 0 Å². The van der Waals surface area contributed by atoms with E-state index in [4.69, 9.17) is 4.42 Å². The van der Waals surface area contributed by atoms with Gasteiger partial charge >= 0.3 is 0 Å². The molecule has 4 aromatic rings. The van der Waals surface area contributed by atoms with Crippen LogP contribution in [0.5, 0.6) is 0 Å². The van der Waals surface area contributed by atoms with Crippen molar-refractivity contribution in [3.05, 3.63) is 94.6 Å². The molecule has 1 unspecified atom stereocenters. The number of hydrogen-bond acceptors (Lipinski definition) is 3. The van der Waals surface area contributed by atoms with Crippen molar-refractivity contribution in [1.82, 2.24) is 14.8 Å². The number of carbonyl (C=O) groups is 1. The Bertz CT molecular complexity index is 1360. The molecular formula is C33H41N3O2. The minimum Gasteiger partial charge on any atom is -0.463 e. The van der Waals surface area contributed by atoms with Gasteiger partial charge in [-0.2, -0.15) is 0 Å². The van der Waals surface area contributed by atoms with Crippen LogP contribution >= 0.6 is 0 Å². The average Bonchev–Trinajstić information content (AvgIpc) is 3.53. The van der Waals surface area contributed by atoms with Gasteiger partial charge < -0.3 is 14.3 Å². The van der Waals surface area contributed by atoms with Crippen LogP contribution in [0, 0.1) is 6.92 Å². The molecule has 5 rings (SSSR count). The topological polar surface area (TPSA) is 50.4 Å². The number of rotatable bonds is 11. The number of benzene rings is 2. The van der Waals surface area contributed by atoms with Gasteiger partial charge in [0.1, 0.15) is 11.5 Å². The molecule has 1 atom stereocenters. The Balaban J connectivity index is 1.32. The summed E-state index contributed by atoms with van der Waals surface area (Å²) in [7, 11) is 0. The van der Waals surface area contributed by atoms with E-state index in [0.717, 1.165) is 57.0 Å². The zero-order chi connectivity index (χ0) is 26.5. The molecule has 0 bridgehead atoms. The maximum absolute atomic E-state index is 13.6. The van der Waals surface area contributed by atoms with Crippen molar-refractivity contribution in [3.63, 3.8) is 0 Å². The first-order valence-corrected chi connectivity index (χ1v) is 14.3. The number of nitrogens with one attached hydrogen (secondary N) is 1. The van der Waals surface area contributed by atoms with E-state index >= 15 is 0 Å². The first kappa shape index (κ1) is 26.3. The predicted octanol–water partition coefficient (Wildman–Crippen LogP) is 6.95. The zero-order valence-electron chi connectivity index (χ0n) is 23.1. The summed E-state index contributed by atoms with van der Waals surface area (Å²) < 4.78 is 8.53. The van der Waals surface area contributed by atoms with Gasteiger partial charge in [-0.25, -0.2) is 0 Å². The fraction of sp³-hybridized carbons (Fsp3) is 0.424. The molecule has 1 aliphatic rings. The van der Waals surface area contributed by atoms with Crippen molar-refractivity contribution in [2.45, 2.75) is 78.4 Å². The van der Waals surface area contributed by atoms with E-state index in [1.807, 2.05) is 12.1 Å². The second-order valence-electron chi connectivity index (χ2n) is 10.7. The highest BCUT2D eigenvalue weighted by molar-refractivity contribution is 5.94. The molecule has 200 valence electrons. The van der Waals surface area contributed by atoms with Crippen LogP contribution in [0.1, 0.15) is 79.4 Å². The number of furan rings is 1. The van der Waals surface area contributed by atoms with Crippen molar-refractivity contribution in [2.75, 3.05) is 13.1 Å². The Morgan fingerprint density at radius 3 is 2.63 bits per heavy atom. The molecule has 5 heteroatoms. The second kappa shape index (κ2) is 12.0. The molecule has 0 saturated heterocycles. The number of nitrogens with zero attached hydrogens (tertiary/aromatic N) is 2. The highest BCUT2D eigenvalue weighted by Gasteiger charge is 2.32. The molecule has 5 nitrogen and oxygen atoms in total. The summed E-state index contributed by atoms with van der Waals surface area (Å²) in [6.07, 6.45) is 5.29. The Morgan fingerprint density at radius 2 is 1.84 bits per heavy atom. The van der Waals surface area contributed by atoms with Crippen molar-refractivity contribution in [2.24, 2.45) is 0 Å². The van der Waals surface area contributed by atoms with Gasteiger partial charge in [0.2, 0.25) is 5.91 Å². The number of hydrogen-bond donors (Lipinski definition) is 1. The van der Waals surface area contributed by atoms with Crippen LogP contribution < -0.4 is 5.32 Å². The molecule has 0 aliphatic heterocycles. The van der Waals surface area contributed by atoms with Gasteiger partial charge in [-0.1, -0.05) is 68.3 Å². The Hall–Kier alpha value is -3.31. The molecule has 0 saturated carbocycles. The van der Waals surface area contributed by atoms with E-state index in [2.05, 4.69) is 84.1 Å². The van der Waals surface area contributed by atoms with Gasteiger partial charge in [-0.3, -0.25) is 9.69 Å². The number of unbranched alkanes of at least 4 members (excludes halogenated alkanes) is 1. The fourth-order valence-corrected chi connectivity index (χ4v) is 5.83. The lowest BCUT2D eigenvalue weighted by molar-refractivity contribution is -0.123. The number of amides is 1. The Kier molecular flexibility index (Phi) is 8.33. The number of aryl methyl sites for hydroxylation is 1. The van der Waals surface area contributed by atoms with E-state index in [9.17, 15) is 4.79 Å². The maximum atomic E-state index is 13.6. The first-order valence-electron chi connectivity index (χ1n) is 14.3. The van der Waals surface area contributed by atoms with Crippen LogP contribution in [-0.4, -0.2) is 28.5 Å². The molecule has 0 spiro atoms. The largest absolute Gasteiger partial charge is 0.463 e. The predicted molar refractivity (Wildman–Crippen MR) is 154 cm³/mol. The van der Waals surface area contributed by atoms with Crippen LogP contribution in [0.15, 0.2) is 65.1 Å². The first-order chi connectivity index (χ1) is 18.6. The van der Waals surface area contributed by atoms with Crippen molar-refractivity contribution in [3.8, 4) is 0 Å². The SMILES string of the molecule is CCCCN(CC)Cc1ccc(CNC(=O)C2CCCc3c2c2ccccc2n3Cc2ccc(C)cc2)o1. The molecule has 1 aliphatic carbocycles. The summed E-state index contributed by atoms with van der Waals surface area (Å²) in [4.78, 5) is 16.0. The van der Waals surface area contributed by atoms with Crippen molar-refractivity contribution in [1.29, 1.82) is 0 Å². The minimum atomic E-state index is -0.137. The number of para-hydroxylation sites is 1. The normalized spacial score (nSPS) is 15.2. The highest BCUT2D eigenvalue weighted by atomic mass is 16.3. The van der Waals surface area contributed by atoms with Gasteiger partial charge in [0, 0.05) is 23.1 Å². The molecule has 1 amide bonds. The van der Waals surface area contributed by atoms with E-state index < -0.39 is 0 Å². The molecular weight excluding hydrogens is 470 g/mol. The molecule has 0 fully saturated rings. The van der Waals surface area contributed by atoms with E-state index in [1.165, 1.54) is 46.1 Å². The van der Waals surface area contributed by atoms with Crippen LogP contribution in [-0.2, 0) is 30.8 Å². The van der Waals surface area contributed by atoms with E-state index in [-0.39, 0.29) is 11.8 Å². The van der Waals surface area contributed by atoms with Crippen LogP contribution in [0.25, 0.3) is 10.9 Å². The molecule has 2 aromatic carbocycles. The van der Waals surface area contributed by atoms with Gasteiger partial charge in [0.15, 0.2) is 0 Å². The number of fused-ring (bicyclic) bond motifs is 3. The smallest absolute Gasteiger partial charge is 0.228 e. The third-order valence-corrected chi connectivity index (χ3v) is 7.96. The van der Waals surface area contributed by atoms with Crippen LogP contribution in [0.2, 0.25) is 0 Å². The summed E-state index contributed by atoms with van der Waals surface area (Å²) in [5.41, 5.74) is 6.30. The minimum absolute atomic E-state index is 0.0975. The molecule has 2 heterocycles. The van der Waals surface area contributed by atoms with Crippen LogP contribution in [0.3, 0.4) is 0 Å². The maximum Gasteiger partial charge on any atom is 0.228 e. The lowest BCUT2D eigenvalue weighted by atomic mass is 9.84. The van der Waals surface area contributed by atoms with Gasteiger partial charge in [-0.05, 0) is 75.0 Å². The summed E-state index contributed by atoms with van der Waals surface area (Å²) in [5.74, 6) is 1.74. The summed E-state index contributed by atoms with van der Waals surface area (Å²) in [6.45, 7) is 10.7. The quantitative estimate of drug-likeness (QED) is 0.237. The molecule has 2 aromatic heterocycles. The molecule has 0 radical (unpaired) electrons. The van der Waals surface area contributed by atoms with Gasteiger partial charge in [0.05, 0.1) is 19.0 Å². The Labute approximate surface area is 226 Å². The monoisotopic (exact) mass is 511 g/mol. The van der Waals surface area contributed by atoms with Gasteiger partial charge in [0.25, 0.3) is 0 Å². The Morgan fingerprint density at radius 1 is 1.05 bits per heavy atom. The summed E-state index contributed by atoms with van der Waals surface area (Å²) in [5, 5.41) is 4.41. The van der Waals surface area contributed by atoms with Crippen molar-refractivity contribution >= 4 is 16.8 Å². The standard InChI is InChI=1S/C33H41N3O2/c1-4-6-20-35(5-2)23-27-19-18-26(38-27)21-34-33(37)29-11-9-13-31-32(29)28-10-7-8-12-30(28)36(31)22-25-16-14-24(3)15-17-25/h7-8,10,12,14-19,29H,4-6,9,11,13,20-23H2,1-3H3,(H,34,37). The highest BCUT2D eigenvalue weighted by Crippen LogP contribution is 2.39. The van der Waals surface area contributed by atoms with E-state index in [0.29, 0.717) is 6.54 Å². The summed E-state index contributed by atoms with van der Waals surface area (Å²) >= 11 is 0. The molecule has 38 heavy (non-hydrogen) atoms.